The molecule has 0 aromatic heterocycles. The number of methoxy groups -OCH3 is 2. The van der Waals surface area contributed by atoms with Crippen LogP contribution >= 0.6 is 0 Å². The largest absolute Gasteiger partial charge is 0.495 e. The van der Waals surface area contributed by atoms with Crippen molar-refractivity contribution in [3.8, 4) is 5.75 Å². The average molecular weight is 456 g/mol. The topological polar surface area (TPSA) is 97.4 Å². The van der Waals surface area contributed by atoms with Crippen LogP contribution in [0.5, 0.6) is 5.75 Å². The molecule has 1 N–H and O–H groups in total. The van der Waals surface area contributed by atoms with E-state index in [1.54, 1.807) is 12.0 Å². The van der Waals surface area contributed by atoms with E-state index in [-0.39, 0.29) is 12.7 Å². The fourth-order valence-corrected chi connectivity index (χ4v) is 5.23. The Morgan fingerprint density at radius 2 is 1.84 bits per heavy atom. The molecule has 174 valence electrons. The number of sulfonamides is 1. The maximum absolute atomic E-state index is 12.3. The van der Waals surface area contributed by atoms with Crippen LogP contribution < -0.4 is 14.4 Å². The number of likely N-dealkylation sites (tertiary alicyclic amines) is 1. The Kier molecular flexibility index (Phi) is 8.01. The molecule has 1 amide bonds. The maximum Gasteiger partial charge on any atom is 0.409 e. The van der Waals surface area contributed by atoms with Crippen LogP contribution in [0.4, 0.5) is 10.5 Å². The number of para-hydroxylation sites is 2. The smallest absolute Gasteiger partial charge is 0.409 e. The summed E-state index contributed by atoms with van der Waals surface area (Å²) < 4.78 is 42.9. The molecule has 31 heavy (non-hydrogen) atoms. The van der Waals surface area contributed by atoms with Gasteiger partial charge in [-0.1, -0.05) is 12.1 Å². The van der Waals surface area contributed by atoms with Gasteiger partial charge in [0.05, 0.1) is 44.9 Å². The zero-order valence-electron chi connectivity index (χ0n) is 18.5. The molecule has 2 aliphatic heterocycles. The van der Waals surface area contributed by atoms with E-state index in [9.17, 15) is 13.2 Å². The number of anilines is 1. The van der Waals surface area contributed by atoms with Crippen molar-refractivity contribution in [1.29, 1.82) is 0 Å². The van der Waals surface area contributed by atoms with E-state index in [2.05, 4.69) is 15.7 Å². The zero-order chi connectivity index (χ0) is 22.4. The third-order valence-corrected chi connectivity index (χ3v) is 6.65. The fourth-order valence-electron chi connectivity index (χ4n) is 4.41. The molecule has 2 aliphatic rings. The summed E-state index contributed by atoms with van der Waals surface area (Å²) in [7, 11) is -0.395. The summed E-state index contributed by atoms with van der Waals surface area (Å²) in [6.45, 7) is 2.46. The standard InChI is InChI=1S/C21H33N3O6S/c1-28-20-9-5-4-8-18(20)23-13-10-16(11-14-23)30-15-19-17(22-31(3,26)27)7-6-12-24(19)21(25)29-2/h4-5,8-9,16-17,19,22H,6-7,10-15H2,1-3H3/t17-,19-/m0/s1. The van der Waals surface area contributed by atoms with Crippen molar-refractivity contribution in [2.75, 3.05) is 51.6 Å². The molecule has 10 heteroatoms. The SMILES string of the molecule is COC(=O)N1CCC[C@H](NS(C)(=O)=O)[C@@H]1COC1CCN(c2ccccc2OC)CC1. The number of hydrogen-bond acceptors (Lipinski definition) is 7. The van der Waals surface area contributed by atoms with Crippen LogP contribution in [0.3, 0.4) is 0 Å². The molecule has 0 saturated carbocycles. The monoisotopic (exact) mass is 455 g/mol. The lowest BCUT2D eigenvalue weighted by Crippen LogP contribution is -2.59. The van der Waals surface area contributed by atoms with Crippen LogP contribution in [-0.2, 0) is 19.5 Å². The Morgan fingerprint density at radius 1 is 1.13 bits per heavy atom. The van der Waals surface area contributed by atoms with Crippen LogP contribution in [-0.4, -0.2) is 84.3 Å². The van der Waals surface area contributed by atoms with Crippen molar-refractivity contribution in [3.05, 3.63) is 24.3 Å². The van der Waals surface area contributed by atoms with E-state index in [1.807, 2.05) is 18.2 Å². The van der Waals surface area contributed by atoms with Gasteiger partial charge in [-0.3, -0.25) is 0 Å². The fraction of sp³-hybridized carbons (Fsp3) is 0.667. The minimum absolute atomic E-state index is 0.0475. The van der Waals surface area contributed by atoms with Gasteiger partial charge in [0.2, 0.25) is 10.0 Å². The van der Waals surface area contributed by atoms with Gasteiger partial charge in [0.25, 0.3) is 0 Å². The van der Waals surface area contributed by atoms with Gasteiger partial charge in [-0.15, -0.1) is 0 Å². The summed E-state index contributed by atoms with van der Waals surface area (Å²) in [5.74, 6) is 0.854. The molecule has 9 nitrogen and oxygen atoms in total. The first-order valence-corrected chi connectivity index (χ1v) is 12.5. The Labute approximate surface area is 184 Å². The lowest BCUT2D eigenvalue weighted by atomic mass is 9.97. The van der Waals surface area contributed by atoms with Crippen LogP contribution in [0.2, 0.25) is 0 Å². The lowest BCUT2D eigenvalue weighted by molar-refractivity contribution is -0.0180. The van der Waals surface area contributed by atoms with Crippen molar-refractivity contribution >= 4 is 21.8 Å². The predicted molar refractivity (Wildman–Crippen MR) is 118 cm³/mol. The predicted octanol–water partition coefficient (Wildman–Crippen LogP) is 1.83. The van der Waals surface area contributed by atoms with E-state index in [0.717, 1.165) is 43.6 Å². The highest BCUT2D eigenvalue weighted by atomic mass is 32.2. The van der Waals surface area contributed by atoms with E-state index in [1.165, 1.54) is 7.11 Å². The first-order chi connectivity index (χ1) is 14.8. The quantitative estimate of drug-likeness (QED) is 0.670. The van der Waals surface area contributed by atoms with Gasteiger partial charge in [0, 0.05) is 25.7 Å². The molecular weight excluding hydrogens is 422 g/mol. The van der Waals surface area contributed by atoms with Gasteiger partial charge < -0.3 is 24.0 Å². The first-order valence-electron chi connectivity index (χ1n) is 10.6. The van der Waals surface area contributed by atoms with Crippen molar-refractivity contribution in [2.45, 2.75) is 43.9 Å². The second kappa shape index (κ2) is 10.5. The summed E-state index contributed by atoms with van der Waals surface area (Å²) in [6.07, 6.45) is 3.76. The van der Waals surface area contributed by atoms with Gasteiger partial charge in [0.15, 0.2) is 0 Å². The number of nitrogens with one attached hydrogen (secondary N) is 1. The molecule has 2 fully saturated rings. The Hall–Kier alpha value is -2.04. The molecule has 0 unspecified atom stereocenters. The zero-order valence-corrected chi connectivity index (χ0v) is 19.3. The summed E-state index contributed by atoms with van der Waals surface area (Å²) in [5.41, 5.74) is 1.07. The molecular formula is C21H33N3O6S. The summed E-state index contributed by atoms with van der Waals surface area (Å²) >= 11 is 0. The molecule has 2 atom stereocenters. The van der Waals surface area contributed by atoms with E-state index < -0.39 is 28.2 Å². The number of amides is 1. The minimum atomic E-state index is -3.40. The van der Waals surface area contributed by atoms with Gasteiger partial charge in [0.1, 0.15) is 5.75 Å². The number of piperidine rings is 2. The molecule has 3 rings (SSSR count). The van der Waals surface area contributed by atoms with Gasteiger partial charge in [-0.25, -0.2) is 17.9 Å². The number of benzene rings is 1. The molecule has 2 heterocycles. The lowest BCUT2D eigenvalue weighted by Gasteiger charge is -2.41. The van der Waals surface area contributed by atoms with Crippen molar-refractivity contribution < 1.29 is 27.4 Å². The second-order valence-corrected chi connectivity index (χ2v) is 9.84. The summed E-state index contributed by atoms with van der Waals surface area (Å²) in [5, 5.41) is 0. The normalized spacial score (nSPS) is 22.9. The third-order valence-electron chi connectivity index (χ3n) is 5.92. The molecule has 1 aromatic rings. The third kappa shape index (κ3) is 6.24. The summed E-state index contributed by atoms with van der Waals surface area (Å²) in [4.78, 5) is 16.1. The Balaban J connectivity index is 1.60. The van der Waals surface area contributed by atoms with Crippen molar-refractivity contribution in [1.82, 2.24) is 9.62 Å². The number of carbonyl (C=O) groups excluding carboxylic acids is 1. The van der Waals surface area contributed by atoms with Gasteiger partial charge >= 0.3 is 6.09 Å². The average Bonchev–Trinajstić information content (AvgIpc) is 2.77. The number of carbonyl (C=O) groups is 1. The highest BCUT2D eigenvalue weighted by Crippen LogP contribution is 2.30. The summed E-state index contributed by atoms with van der Waals surface area (Å²) in [6, 6.07) is 7.17. The van der Waals surface area contributed by atoms with E-state index in [4.69, 9.17) is 14.2 Å². The first kappa shape index (κ1) is 23.6. The van der Waals surface area contributed by atoms with Crippen LogP contribution in [0.1, 0.15) is 25.7 Å². The number of nitrogens with zero attached hydrogens (tertiary/aromatic N) is 2. The molecule has 0 aliphatic carbocycles. The van der Waals surface area contributed by atoms with Gasteiger partial charge in [-0.05, 0) is 37.8 Å². The number of ether oxygens (including phenoxy) is 3. The minimum Gasteiger partial charge on any atom is -0.495 e. The number of hydrogen-bond donors (Lipinski definition) is 1. The van der Waals surface area contributed by atoms with Crippen LogP contribution in [0, 0.1) is 0 Å². The van der Waals surface area contributed by atoms with E-state index in [0.29, 0.717) is 19.4 Å². The number of rotatable bonds is 7. The second-order valence-electron chi connectivity index (χ2n) is 8.06. The molecule has 0 bridgehead atoms. The molecule has 2 saturated heterocycles. The highest BCUT2D eigenvalue weighted by Gasteiger charge is 2.37. The Bertz CT molecular complexity index is 841. The van der Waals surface area contributed by atoms with Crippen molar-refractivity contribution in [3.63, 3.8) is 0 Å². The van der Waals surface area contributed by atoms with E-state index >= 15 is 0 Å². The van der Waals surface area contributed by atoms with Crippen molar-refractivity contribution in [2.24, 2.45) is 0 Å². The highest BCUT2D eigenvalue weighted by molar-refractivity contribution is 7.88. The maximum atomic E-state index is 12.3. The molecule has 0 spiro atoms. The van der Waals surface area contributed by atoms with Crippen LogP contribution in [0.25, 0.3) is 0 Å². The van der Waals surface area contributed by atoms with Gasteiger partial charge in [-0.2, -0.15) is 0 Å². The Morgan fingerprint density at radius 3 is 2.48 bits per heavy atom. The molecule has 0 radical (unpaired) electrons. The van der Waals surface area contributed by atoms with Crippen LogP contribution in [0.15, 0.2) is 24.3 Å². The molecule has 1 aromatic carbocycles.